The lowest BCUT2D eigenvalue weighted by Crippen LogP contribution is -2.26. The Bertz CT molecular complexity index is 276. The highest BCUT2D eigenvalue weighted by atomic mass is 16.6. The molecule has 0 bridgehead atoms. The van der Waals surface area contributed by atoms with Gasteiger partial charge in [0.25, 0.3) is 0 Å². The van der Waals surface area contributed by atoms with Gasteiger partial charge in [0.2, 0.25) is 0 Å². The summed E-state index contributed by atoms with van der Waals surface area (Å²) in [6.07, 6.45) is 4.66. The molecule has 0 atom stereocenters. The van der Waals surface area contributed by atoms with Crippen LogP contribution in [0.3, 0.4) is 0 Å². The lowest BCUT2D eigenvalue weighted by Gasteiger charge is -2.12. The molecule has 0 amide bonds. The molecule has 0 rings (SSSR count). The highest BCUT2D eigenvalue weighted by molar-refractivity contribution is 5.97. The number of hydrogen-bond donors (Lipinski definition) is 0. The quantitative estimate of drug-likeness (QED) is 0.380. The number of allylic oxidation sites excluding steroid dienone is 1. The maximum atomic E-state index is 11.7. The molecule has 0 aliphatic heterocycles. The van der Waals surface area contributed by atoms with E-state index in [0.29, 0.717) is 0 Å². The lowest BCUT2D eigenvalue weighted by atomic mass is 10.0. The molecular weight excluding hydrogens is 232 g/mol. The summed E-state index contributed by atoms with van der Waals surface area (Å²) >= 11 is 0. The Balaban J connectivity index is 4.74. The summed E-state index contributed by atoms with van der Waals surface area (Å²) in [4.78, 5) is 23.4. The number of esters is 2. The van der Waals surface area contributed by atoms with Crippen molar-refractivity contribution in [3.8, 4) is 0 Å². The van der Waals surface area contributed by atoms with Gasteiger partial charge in [-0.15, -0.1) is 0 Å². The zero-order valence-electron chi connectivity index (χ0n) is 11.8. The van der Waals surface area contributed by atoms with Gasteiger partial charge in [0.05, 0.1) is 13.2 Å². The largest absolute Gasteiger partial charge is 0.465 e. The Morgan fingerprint density at radius 1 is 1.06 bits per heavy atom. The topological polar surface area (TPSA) is 52.6 Å². The van der Waals surface area contributed by atoms with Crippen LogP contribution < -0.4 is 0 Å². The van der Waals surface area contributed by atoms with Crippen molar-refractivity contribution >= 4 is 11.9 Å². The fourth-order valence-electron chi connectivity index (χ4n) is 1.52. The average Bonchev–Trinajstić information content (AvgIpc) is 2.33. The molecule has 0 heterocycles. The van der Waals surface area contributed by atoms with Crippen molar-refractivity contribution in [2.75, 3.05) is 13.2 Å². The standard InChI is InChI=1S/C14H24O4/c1-5-8-9-11(4)10-12(13(15)17-6-2)14(16)18-7-3/h10,12H,5-9H2,1-4H3/b11-10+. The third-order valence-corrected chi connectivity index (χ3v) is 2.46. The van der Waals surface area contributed by atoms with E-state index in [0.717, 1.165) is 24.8 Å². The zero-order valence-corrected chi connectivity index (χ0v) is 11.8. The smallest absolute Gasteiger partial charge is 0.324 e. The summed E-state index contributed by atoms with van der Waals surface area (Å²) in [7, 11) is 0. The minimum Gasteiger partial charge on any atom is -0.465 e. The van der Waals surface area contributed by atoms with Crippen molar-refractivity contribution in [1.82, 2.24) is 0 Å². The molecule has 0 aliphatic rings. The van der Waals surface area contributed by atoms with Gasteiger partial charge < -0.3 is 9.47 Å². The third kappa shape index (κ3) is 6.42. The molecule has 0 aromatic rings. The molecule has 0 aromatic heterocycles. The molecule has 0 saturated heterocycles. The van der Waals surface area contributed by atoms with Gasteiger partial charge in [0, 0.05) is 0 Å². The van der Waals surface area contributed by atoms with E-state index in [-0.39, 0.29) is 13.2 Å². The van der Waals surface area contributed by atoms with E-state index in [2.05, 4.69) is 6.92 Å². The first-order valence-electron chi connectivity index (χ1n) is 6.57. The Kier molecular flexibility index (Phi) is 8.97. The van der Waals surface area contributed by atoms with Crippen molar-refractivity contribution < 1.29 is 19.1 Å². The molecule has 0 fully saturated rings. The highest BCUT2D eigenvalue weighted by Gasteiger charge is 2.27. The van der Waals surface area contributed by atoms with E-state index in [9.17, 15) is 9.59 Å². The van der Waals surface area contributed by atoms with Crippen LogP contribution in [0.5, 0.6) is 0 Å². The zero-order chi connectivity index (χ0) is 14.0. The van der Waals surface area contributed by atoms with Crippen molar-refractivity contribution in [2.24, 2.45) is 5.92 Å². The molecule has 0 saturated carbocycles. The molecule has 104 valence electrons. The van der Waals surface area contributed by atoms with Gasteiger partial charge in [-0.25, -0.2) is 0 Å². The molecule has 0 N–H and O–H groups in total. The summed E-state index contributed by atoms with van der Waals surface area (Å²) in [5, 5.41) is 0. The molecule has 4 heteroatoms. The summed E-state index contributed by atoms with van der Waals surface area (Å²) < 4.78 is 9.78. The van der Waals surface area contributed by atoms with Gasteiger partial charge in [0.1, 0.15) is 0 Å². The van der Waals surface area contributed by atoms with Crippen LogP contribution in [-0.2, 0) is 19.1 Å². The molecule has 4 nitrogen and oxygen atoms in total. The molecular formula is C14H24O4. The normalized spacial score (nSPS) is 11.5. The summed E-state index contributed by atoms with van der Waals surface area (Å²) in [5.74, 6) is -2.00. The first-order valence-corrected chi connectivity index (χ1v) is 6.57. The van der Waals surface area contributed by atoms with Crippen LogP contribution in [-0.4, -0.2) is 25.2 Å². The van der Waals surface area contributed by atoms with E-state index in [1.807, 2.05) is 6.92 Å². The number of hydrogen-bond acceptors (Lipinski definition) is 4. The van der Waals surface area contributed by atoms with Crippen molar-refractivity contribution in [3.05, 3.63) is 11.6 Å². The number of rotatable bonds is 8. The van der Waals surface area contributed by atoms with Gasteiger partial charge in [0.15, 0.2) is 5.92 Å². The second-order valence-corrected chi connectivity index (χ2v) is 4.10. The predicted octanol–water partition coefficient (Wildman–Crippen LogP) is 2.87. The average molecular weight is 256 g/mol. The van der Waals surface area contributed by atoms with Gasteiger partial charge in [-0.05, 0) is 33.6 Å². The number of unbranched alkanes of at least 4 members (excludes halogenated alkanes) is 1. The fourth-order valence-corrected chi connectivity index (χ4v) is 1.52. The Labute approximate surface area is 109 Å². The first-order chi connectivity index (χ1) is 8.56. The van der Waals surface area contributed by atoms with Crippen LogP contribution >= 0.6 is 0 Å². The molecule has 0 spiro atoms. The monoisotopic (exact) mass is 256 g/mol. The minimum atomic E-state index is -0.929. The van der Waals surface area contributed by atoms with Crippen LogP contribution in [0.15, 0.2) is 11.6 Å². The van der Waals surface area contributed by atoms with Crippen LogP contribution in [0.1, 0.15) is 47.0 Å². The van der Waals surface area contributed by atoms with Gasteiger partial charge in [-0.1, -0.05) is 25.0 Å². The van der Waals surface area contributed by atoms with Gasteiger partial charge >= 0.3 is 11.9 Å². The predicted molar refractivity (Wildman–Crippen MR) is 70.0 cm³/mol. The number of carbonyl (C=O) groups is 2. The van der Waals surface area contributed by atoms with Gasteiger partial charge in [-0.2, -0.15) is 0 Å². The number of ether oxygens (including phenoxy) is 2. The molecule has 0 unspecified atom stereocenters. The third-order valence-electron chi connectivity index (χ3n) is 2.46. The molecule has 0 aliphatic carbocycles. The van der Waals surface area contributed by atoms with E-state index in [1.165, 1.54) is 0 Å². The van der Waals surface area contributed by atoms with Crippen molar-refractivity contribution in [2.45, 2.75) is 47.0 Å². The van der Waals surface area contributed by atoms with E-state index in [4.69, 9.17) is 9.47 Å². The maximum absolute atomic E-state index is 11.7. The lowest BCUT2D eigenvalue weighted by molar-refractivity contribution is -0.158. The Morgan fingerprint density at radius 3 is 1.94 bits per heavy atom. The van der Waals surface area contributed by atoms with Crippen molar-refractivity contribution in [1.29, 1.82) is 0 Å². The van der Waals surface area contributed by atoms with Crippen LogP contribution in [0, 0.1) is 5.92 Å². The summed E-state index contributed by atoms with van der Waals surface area (Å²) in [5.41, 5.74) is 1.02. The second kappa shape index (κ2) is 9.68. The van der Waals surface area contributed by atoms with E-state index < -0.39 is 17.9 Å². The van der Waals surface area contributed by atoms with E-state index >= 15 is 0 Å². The van der Waals surface area contributed by atoms with Crippen molar-refractivity contribution in [3.63, 3.8) is 0 Å². The van der Waals surface area contributed by atoms with E-state index in [1.54, 1.807) is 19.9 Å². The fraction of sp³-hybridized carbons (Fsp3) is 0.714. The summed E-state index contributed by atoms with van der Waals surface area (Å²) in [6.45, 7) is 7.97. The molecule has 0 aromatic carbocycles. The molecule has 0 radical (unpaired) electrons. The summed E-state index contributed by atoms with van der Waals surface area (Å²) in [6, 6.07) is 0. The Hall–Kier alpha value is -1.32. The van der Waals surface area contributed by atoms with Gasteiger partial charge in [-0.3, -0.25) is 9.59 Å². The maximum Gasteiger partial charge on any atom is 0.324 e. The van der Waals surface area contributed by atoms with Crippen LogP contribution in [0.25, 0.3) is 0 Å². The molecule has 18 heavy (non-hydrogen) atoms. The van der Waals surface area contributed by atoms with Crippen LogP contribution in [0.2, 0.25) is 0 Å². The SMILES string of the molecule is CCCC/C(C)=C/C(C(=O)OCC)C(=O)OCC. The number of carbonyl (C=O) groups excluding carboxylic acids is 2. The Morgan fingerprint density at radius 2 is 1.56 bits per heavy atom. The highest BCUT2D eigenvalue weighted by Crippen LogP contribution is 2.13. The minimum absolute atomic E-state index is 0.261. The second-order valence-electron chi connectivity index (χ2n) is 4.10. The first kappa shape index (κ1) is 16.7. The van der Waals surface area contributed by atoms with Crippen LogP contribution in [0.4, 0.5) is 0 Å².